The zero-order valence-corrected chi connectivity index (χ0v) is 11.3. The van der Waals surface area contributed by atoms with Gasteiger partial charge in [-0.3, -0.25) is 0 Å². The summed E-state index contributed by atoms with van der Waals surface area (Å²) < 4.78 is 0. The molecular weight excluding hydrogens is 242 g/mol. The van der Waals surface area contributed by atoms with Gasteiger partial charge in [0.05, 0.1) is 5.56 Å². The van der Waals surface area contributed by atoms with Gasteiger partial charge >= 0.3 is 0 Å². The molecule has 1 N–H and O–H groups in total. The first-order valence-corrected chi connectivity index (χ1v) is 6.56. The molecule has 0 saturated heterocycles. The van der Waals surface area contributed by atoms with Crippen molar-refractivity contribution in [3.63, 3.8) is 0 Å². The average Bonchev–Trinajstić information content (AvgIpc) is 2.85. The number of hydrogen-bond acceptors (Lipinski definition) is 4. The van der Waals surface area contributed by atoms with Crippen molar-refractivity contribution in [2.75, 3.05) is 24.3 Å². The third-order valence-corrected chi connectivity index (χ3v) is 3.57. The zero-order valence-electron chi connectivity index (χ0n) is 10.5. The fraction of sp³-hybridized carbons (Fsp3) is 0.214. The predicted octanol–water partition coefficient (Wildman–Crippen LogP) is 3.30. The van der Waals surface area contributed by atoms with Crippen LogP contribution < -0.4 is 10.2 Å². The Hall–Kier alpha value is -1.99. The number of anilines is 2. The van der Waals surface area contributed by atoms with Gasteiger partial charge in [-0.2, -0.15) is 5.26 Å². The number of nitrogens with zero attached hydrogens (tertiary/aromatic N) is 2. The molecule has 2 aromatic rings. The van der Waals surface area contributed by atoms with Crippen LogP contribution in [-0.2, 0) is 6.54 Å². The molecule has 0 radical (unpaired) electrons. The van der Waals surface area contributed by atoms with Crippen LogP contribution in [-0.4, -0.2) is 14.1 Å². The van der Waals surface area contributed by atoms with Gasteiger partial charge in [0.1, 0.15) is 6.07 Å². The molecule has 0 spiro atoms. The molecule has 0 amide bonds. The minimum absolute atomic E-state index is 0.736. The quantitative estimate of drug-likeness (QED) is 0.913. The highest BCUT2D eigenvalue weighted by atomic mass is 32.1. The number of thiophene rings is 1. The van der Waals surface area contributed by atoms with E-state index in [0.29, 0.717) is 0 Å². The maximum absolute atomic E-state index is 8.75. The molecule has 4 heteroatoms. The largest absolute Gasteiger partial charge is 0.380 e. The molecule has 0 fully saturated rings. The lowest BCUT2D eigenvalue weighted by Crippen LogP contribution is -2.08. The van der Waals surface area contributed by atoms with Crippen molar-refractivity contribution in [3.8, 4) is 6.07 Å². The second-order valence-electron chi connectivity index (χ2n) is 4.21. The summed E-state index contributed by atoms with van der Waals surface area (Å²) in [6.45, 7) is 0.758. The maximum atomic E-state index is 8.75. The summed E-state index contributed by atoms with van der Waals surface area (Å²) in [5.41, 5.74) is 3.01. The van der Waals surface area contributed by atoms with Crippen molar-refractivity contribution in [3.05, 3.63) is 46.2 Å². The Balaban J connectivity index is 1.96. The van der Waals surface area contributed by atoms with Gasteiger partial charge in [0, 0.05) is 42.3 Å². The maximum Gasteiger partial charge on any atom is 0.100 e. The monoisotopic (exact) mass is 257 g/mol. The van der Waals surface area contributed by atoms with Crippen LogP contribution in [0, 0.1) is 11.3 Å². The fourth-order valence-electron chi connectivity index (χ4n) is 1.60. The second kappa shape index (κ2) is 5.56. The van der Waals surface area contributed by atoms with Crippen molar-refractivity contribution in [2.24, 2.45) is 0 Å². The van der Waals surface area contributed by atoms with E-state index in [1.54, 1.807) is 11.3 Å². The normalized spacial score (nSPS) is 9.83. The van der Waals surface area contributed by atoms with Crippen molar-refractivity contribution in [2.45, 2.75) is 6.54 Å². The van der Waals surface area contributed by atoms with Crippen LogP contribution in [0.2, 0.25) is 0 Å². The molecule has 0 unspecified atom stereocenters. The van der Waals surface area contributed by atoms with Crippen LogP contribution >= 0.6 is 11.3 Å². The molecule has 3 nitrogen and oxygen atoms in total. The Morgan fingerprint density at radius 2 is 2.00 bits per heavy atom. The van der Waals surface area contributed by atoms with Crippen molar-refractivity contribution < 1.29 is 0 Å². The summed E-state index contributed by atoms with van der Waals surface area (Å²) in [5, 5.41) is 14.0. The van der Waals surface area contributed by atoms with Crippen LogP contribution in [0.3, 0.4) is 0 Å². The predicted molar refractivity (Wildman–Crippen MR) is 77.1 cm³/mol. The number of hydrogen-bond donors (Lipinski definition) is 1. The summed E-state index contributed by atoms with van der Waals surface area (Å²) in [5.74, 6) is 0. The molecule has 1 heterocycles. The molecule has 2 rings (SSSR count). The standard InChI is InChI=1S/C14H15N3S/c1-17(2)13-5-3-12(4-6-13)16-9-14-7-11(8-15)10-18-14/h3-7,10,16H,9H2,1-2H3. The molecule has 18 heavy (non-hydrogen) atoms. The van der Waals surface area contributed by atoms with Gasteiger partial charge in [0.25, 0.3) is 0 Å². The van der Waals surface area contributed by atoms with Crippen molar-refractivity contribution in [1.82, 2.24) is 0 Å². The van der Waals surface area contributed by atoms with Crippen LogP contribution in [0.5, 0.6) is 0 Å². The molecular formula is C14H15N3S. The third kappa shape index (κ3) is 3.02. The number of nitriles is 1. The molecule has 0 aliphatic carbocycles. The summed E-state index contributed by atoms with van der Waals surface area (Å²) in [4.78, 5) is 3.24. The number of rotatable bonds is 4. The molecule has 0 atom stereocenters. The van der Waals surface area contributed by atoms with Gasteiger partial charge in [-0.05, 0) is 30.3 Å². The average molecular weight is 257 g/mol. The minimum Gasteiger partial charge on any atom is -0.380 e. The molecule has 0 bridgehead atoms. The van der Waals surface area contributed by atoms with Gasteiger partial charge in [0.15, 0.2) is 0 Å². The summed E-state index contributed by atoms with van der Waals surface area (Å²) in [6, 6.07) is 12.4. The van der Waals surface area contributed by atoms with E-state index in [4.69, 9.17) is 5.26 Å². The lowest BCUT2D eigenvalue weighted by molar-refractivity contribution is 1.13. The summed E-state index contributed by atoms with van der Waals surface area (Å²) >= 11 is 1.61. The Morgan fingerprint density at radius 3 is 2.56 bits per heavy atom. The van der Waals surface area contributed by atoms with Crippen molar-refractivity contribution in [1.29, 1.82) is 5.26 Å². The molecule has 0 aliphatic rings. The molecule has 1 aromatic heterocycles. The Bertz CT molecular complexity index is 549. The van der Waals surface area contributed by atoms with E-state index in [-0.39, 0.29) is 0 Å². The van der Waals surface area contributed by atoms with E-state index in [9.17, 15) is 0 Å². The summed E-state index contributed by atoms with van der Waals surface area (Å²) in [7, 11) is 4.05. The smallest absolute Gasteiger partial charge is 0.100 e. The fourth-order valence-corrected chi connectivity index (χ4v) is 2.35. The highest BCUT2D eigenvalue weighted by Crippen LogP contribution is 2.18. The van der Waals surface area contributed by atoms with E-state index in [1.165, 1.54) is 10.6 Å². The lowest BCUT2D eigenvalue weighted by Gasteiger charge is -2.13. The third-order valence-electron chi connectivity index (χ3n) is 2.63. The van der Waals surface area contributed by atoms with E-state index in [1.807, 2.05) is 25.5 Å². The lowest BCUT2D eigenvalue weighted by atomic mass is 10.2. The van der Waals surface area contributed by atoms with E-state index < -0.39 is 0 Å². The Kier molecular flexibility index (Phi) is 3.85. The highest BCUT2D eigenvalue weighted by Gasteiger charge is 2.00. The minimum atomic E-state index is 0.736. The SMILES string of the molecule is CN(C)c1ccc(NCc2cc(C#N)cs2)cc1. The van der Waals surface area contributed by atoms with Gasteiger partial charge in [0.2, 0.25) is 0 Å². The molecule has 0 saturated carbocycles. The topological polar surface area (TPSA) is 39.1 Å². The van der Waals surface area contributed by atoms with Crippen LogP contribution in [0.4, 0.5) is 11.4 Å². The first kappa shape index (κ1) is 12.5. The summed E-state index contributed by atoms with van der Waals surface area (Å²) in [6.07, 6.45) is 0. The molecule has 0 aliphatic heterocycles. The second-order valence-corrected chi connectivity index (χ2v) is 5.20. The van der Waals surface area contributed by atoms with E-state index >= 15 is 0 Å². The van der Waals surface area contributed by atoms with Gasteiger partial charge in [-0.1, -0.05) is 0 Å². The number of nitrogens with one attached hydrogen (secondary N) is 1. The van der Waals surface area contributed by atoms with Gasteiger partial charge in [-0.25, -0.2) is 0 Å². The van der Waals surface area contributed by atoms with E-state index in [0.717, 1.165) is 17.8 Å². The molecule has 92 valence electrons. The zero-order chi connectivity index (χ0) is 13.0. The van der Waals surface area contributed by atoms with Crippen molar-refractivity contribution >= 4 is 22.7 Å². The Morgan fingerprint density at radius 1 is 1.28 bits per heavy atom. The first-order chi connectivity index (χ1) is 8.69. The highest BCUT2D eigenvalue weighted by molar-refractivity contribution is 7.10. The molecule has 1 aromatic carbocycles. The van der Waals surface area contributed by atoms with Crippen LogP contribution in [0.25, 0.3) is 0 Å². The number of benzene rings is 1. The van der Waals surface area contributed by atoms with Crippen LogP contribution in [0.15, 0.2) is 35.7 Å². The van der Waals surface area contributed by atoms with Gasteiger partial charge < -0.3 is 10.2 Å². The van der Waals surface area contributed by atoms with Gasteiger partial charge in [-0.15, -0.1) is 11.3 Å². The van der Waals surface area contributed by atoms with Crippen LogP contribution in [0.1, 0.15) is 10.4 Å². The van der Waals surface area contributed by atoms with E-state index in [2.05, 4.69) is 40.6 Å². The Labute approximate surface area is 111 Å². The first-order valence-electron chi connectivity index (χ1n) is 5.68.